The normalized spacial score (nSPS) is 44.2. The Labute approximate surface area is 183 Å². The lowest BCUT2D eigenvalue weighted by molar-refractivity contribution is -0.161. The maximum absolute atomic E-state index is 13.4. The van der Waals surface area contributed by atoms with Gasteiger partial charge in [0.05, 0.1) is 6.26 Å². The van der Waals surface area contributed by atoms with E-state index >= 15 is 0 Å². The smallest absolute Gasteiger partial charge is 0.335 e. The van der Waals surface area contributed by atoms with Gasteiger partial charge in [-0.25, -0.2) is 4.79 Å². The van der Waals surface area contributed by atoms with Crippen LogP contribution in [0.4, 0.5) is 0 Å². The van der Waals surface area contributed by atoms with Crippen LogP contribution in [0.3, 0.4) is 0 Å². The fourth-order valence-corrected chi connectivity index (χ4v) is 8.42. The fraction of sp³-hybridized carbons (Fsp3) is 0.731. The van der Waals surface area contributed by atoms with E-state index in [2.05, 4.69) is 13.8 Å². The van der Waals surface area contributed by atoms with Gasteiger partial charge in [-0.1, -0.05) is 13.8 Å². The Bertz CT molecular complexity index is 929. The van der Waals surface area contributed by atoms with Crippen molar-refractivity contribution in [3.63, 3.8) is 0 Å². The first-order valence-corrected chi connectivity index (χ1v) is 12.0. The van der Waals surface area contributed by atoms with Gasteiger partial charge >= 0.3 is 11.6 Å². The molecule has 168 valence electrons. The number of rotatable bonds is 2. The van der Waals surface area contributed by atoms with E-state index in [1.54, 1.807) is 6.26 Å². The van der Waals surface area contributed by atoms with Gasteiger partial charge in [0.1, 0.15) is 11.9 Å². The molecule has 5 rings (SSSR count). The van der Waals surface area contributed by atoms with Crippen molar-refractivity contribution in [1.29, 1.82) is 0 Å². The van der Waals surface area contributed by atoms with Gasteiger partial charge in [0.15, 0.2) is 0 Å². The number of Topliss-reactive ketones (excluding diaryl/α,β-unsaturated/α-hetero) is 1. The molecule has 5 nitrogen and oxygen atoms in total. The molecule has 31 heavy (non-hydrogen) atoms. The zero-order valence-electron chi connectivity index (χ0n) is 18.9. The number of ketones is 1. The Kier molecular flexibility index (Phi) is 4.95. The summed E-state index contributed by atoms with van der Waals surface area (Å²) < 4.78 is 10.7. The monoisotopic (exact) mass is 426 g/mol. The minimum atomic E-state index is -0.339. The van der Waals surface area contributed by atoms with E-state index in [0.717, 1.165) is 50.5 Å². The first-order chi connectivity index (χ1) is 14.7. The number of hydrogen-bond donors (Lipinski definition) is 0. The summed E-state index contributed by atoms with van der Waals surface area (Å²) in [7, 11) is 0. The van der Waals surface area contributed by atoms with Crippen molar-refractivity contribution in [2.45, 2.75) is 84.2 Å². The maximum Gasteiger partial charge on any atom is 0.335 e. The summed E-state index contributed by atoms with van der Waals surface area (Å²) in [5, 5.41) is 0. The van der Waals surface area contributed by atoms with Crippen molar-refractivity contribution in [2.75, 3.05) is 0 Å². The second-order valence-electron chi connectivity index (χ2n) is 11.2. The van der Waals surface area contributed by atoms with Crippen LogP contribution in [0, 0.1) is 34.5 Å². The summed E-state index contributed by atoms with van der Waals surface area (Å²) in [6, 6.07) is 3.34. The molecule has 5 heteroatoms. The molecular formula is C26H34O5. The van der Waals surface area contributed by atoms with E-state index in [1.807, 2.05) is 6.07 Å². The Morgan fingerprint density at radius 3 is 2.55 bits per heavy atom. The number of fused-ring (bicyclic) bond motifs is 5. The van der Waals surface area contributed by atoms with Crippen LogP contribution in [0.25, 0.3) is 0 Å². The second-order valence-corrected chi connectivity index (χ2v) is 11.2. The largest absolute Gasteiger partial charge is 0.463 e. The molecule has 0 radical (unpaired) electrons. The van der Waals surface area contributed by atoms with Gasteiger partial charge in [-0.3, -0.25) is 9.59 Å². The second kappa shape index (κ2) is 7.31. The van der Waals surface area contributed by atoms with E-state index in [9.17, 15) is 14.4 Å². The van der Waals surface area contributed by atoms with Crippen LogP contribution >= 0.6 is 0 Å². The summed E-state index contributed by atoms with van der Waals surface area (Å²) in [6.45, 7) is 6.26. The van der Waals surface area contributed by atoms with E-state index in [0.29, 0.717) is 30.0 Å². The van der Waals surface area contributed by atoms with Crippen LogP contribution in [0.15, 0.2) is 27.6 Å². The Morgan fingerprint density at radius 1 is 1.06 bits per heavy atom. The predicted octanol–water partition coefficient (Wildman–Crippen LogP) is 4.88. The SMILES string of the molecule is CC(=O)O[C@H]1CC[C@@]2(C)[C@H](CC[C@H]3[C@H]4C(=O)C[C@H](c5ccc(=O)oc5)[C@@]4(C)CC[C@@H]32)C1. The van der Waals surface area contributed by atoms with Crippen molar-refractivity contribution < 1.29 is 18.7 Å². The van der Waals surface area contributed by atoms with Gasteiger partial charge in [-0.15, -0.1) is 0 Å². The molecule has 0 spiro atoms. The van der Waals surface area contributed by atoms with Gasteiger partial charge in [-0.05, 0) is 91.1 Å². The summed E-state index contributed by atoms with van der Waals surface area (Å²) in [5.74, 6) is 2.07. The topological polar surface area (TPSA) is 73.6 Å². The fourth-order valence-electron chi connectivity index (χ4n) is 8.42. The van der Waals surface area contributed by atoms with Gasteiger partial charge in [0.2, 0.25) is 0 Å². The van der Waals surface area contributed by atoms with E-state index in [1.165, 1.54) is 13.0 Å². The minimum Gasteiger partial charge on any atom is -0.463 e. The average molecular weight is 427 g/mol. The lowest BCUT2D eigenvalue weighted by Gasteiger charge is -2.60. The van der Waals surface area contributed by atoms with Crippen LogP contribution in [0.2, 0.25) is 0 Å². The zero-order valence-corrected chi connectivity index (χ0v) is 18.9. The molecule has 4 aliphatic rings. The molecule has 0 amide bonds. The number of carbonyl (C=O) groups is 2. The average Bonchev–Trinajstić information content (AvgIpc) is 2.99. The number of esters is 1. The van der Waals surface area contributed by atoms with Gasteiger partial charge in [0.25, 0.3) is 0 Å². The molecule has 0 unspecified atom stereocenters. The third-order valence-corrected chi connectivity index (χ3v) is 9.84. The van der Waals surface area contributed by atoms with E-state index in [-0.39, 0.29) is 40.4 Å². The highest BCUT2D eigenvalue weighted by atomic mass is 16.5. The molecule has 0 bridgehead atoms. The molecule has 1 heterocycles. The third-order valence-electron chi connectivity index (χ3n) is 9.84. The van der Waals surface area contributed by atoms with Crippen molar-refractivity contribution in [2.24, 2.45) is 34.5 Å². The number of carbonyl (C=O) groups excluding carboxylic acids is 2. The van der Waals surface area contributed by atoms with Crippen molar-refractivity contribution in [1.82, 2.24) is 0 Å². The van der Waals surface area contributed by atoms with Crippen LogP contribution in [-0.4, -0.2) is 17.9 Å². The Hall–Kier alpha value is -1.91. The van der Waals surface area contributed by atoms with Crippen LogP contribution in [0.5, 0.6) is 0 Å². The van der Waals surface area contributed by atoms with Crippen LogP contribution in [-0.2, 0) is 14.3 Å². The molecule has 0 N–H and O–H groups in total. The first kappa shape index (κ1) is 21.0. The highest BCUT2D eigenvalue weighted by molar-refractivity contribution is 5.86. The first-order valence-electron chi connectivity index (χ1n) is 12.0. The molecule has 1 aromatic rings. The van der Waals surface area contributed by atoms with Gasteiger partial charge < -0.3 is 9.15 Å². The van der Waals surface area contributed by atoms with Crippen molar-refractivity contribution in [3.05, 3.63) is 34.4 Å². The molecule has 4 aliphatic carbocycles. The zero-order chi connectivity index (χ0) is 22.0. The lowest BCUT2D eigenvalue weighted by Crippen LogP contribution is -2.54. The molecule has 0 aromatic carbocycles. The molecule has 4 saturated carbocycles. The van der Waals surface area contributed by atoms with Crippen molar-refractivity contribution >= 4 is 11.8 Å². The van der Waals surface area contributed by atoms with Crippen molar-refractivity contribution in [3.8, 4) is 0 Å². The predicted molar refractivity (Wildman–Crippen MR) is 115 cm³/mol. The summed E-state index contributed by atoms with van der Waals surface area (Å²) >= 11 is 0. The standard InChI is InChI=1S/C26H34O5/c1-15(27)31-18-8-10-25(2)17(12-18)5-6-19-20(25)9-11-26(3)21(13-22(28)24(19)26)16-4-7-23(29)30-14-16/h4,7,14,17-21,24H,5-6,8-13H2,1-3H3/t17-,18+,19-,20+,21-,24+,25+,26-/m1/s1. The van der Waals surface area contributed by atoms with E-state index < -0.39 is 0 Å². The minimum absolute atomic E-state index is 0.0592. The van der Waals surface area contributed by atoms with Gasteiger partial charge in [-0.2, -0.15) is 0 Å². The Balaban J connectivity index is 1.41. The molecular weight excluding hydrogens is 392 g/mol. The lowest BCUT2D eigenvalue weighted by atomic mass is 9.44. The summed E-state index contributed by atoms with van der Waals surface area (Å²) in [5.41, 5.74) is 0.835. The highest BCUT2D eigenvalue weighted by Gasteiger charge is 2.63. The maximum atomic E-state index is 13.4. The van der Waals surface area contributed by atoms with Gasteiger partial charge in [0, 0.05) is 25.3 Å². The number of hydrogen-bond acceptors (Lipinski definition) is 5. The highest BCUT2D eigenvalue weighted by Crippen LogP contribution is 2.68. The summed E-state index contributed by atoms with van der Waals surface area (Å²) in [6.07, 6.45) is 9.63. The third kappa shape index (κ3) is 3.22. The quantitative estimate of drug-likeness (QED) is 0.631. The molecule has 1 aromatic heterocycles. The summed E-state index contributed by atoms with van der Waals surface area (Å²) in [4.78, 5) is 36.3. The van der Waals surface area contributed by atoms with Crippen LogP contribution in [0.1, 0.15) is 83.6 Å². The molecule has 0 saturated heterocycles. The molecule has 4 fully saturated rings. The molecule has 0 aliphatic heterocycles. The van der Waals surface area contributed by atoms with E-state index in [4.69, 9.17) is 9.15 Å². The van der Waals surface area contributed by atoms with Crippen LogP contribution < -0.4 is 5.63 Å². The Morgan fingerprint density at radius 2 is 1.84 bits per heavy atom. The molecule has 8 atom stereocenters. The number of ether oxygens (including phenoxy) is 1.